The van der Waals surface area contributed by atoms with Crippen molar-refractivity contribution in [2.75, 3.05) is 19.6 Å². The zero-order valence-corrected chi connectivity index (χ0v) is 18.8. The van der Waals surface area contributed by atoms with Crippen LogP contribution in [0.5, 0.6) is 5.75 Å². The zero-order valence-electron chi connectivity index (χ0n) is 18.8. The molecule has 0 fully saturated rings. The van der Waals surface area contributed by atoms with Crippen LogP contribution >= 0.6 is 0 Å². The fourth-order valence-corrected chi connectivity index (χ4v) is 3.84. The van der Waals surface area contributed by atoms with E-state index in [0.29, 0.717) is 38.9 Å². The van der Waals surface area contributed by atoms with Gasteiger partial charge in [0.2, 0.25) is 5.91 Å². The monoisotopic (exact) mass is 444 g/mol. The number of benzene rings is 3. The summed E-state index contributed by atoms with van der Waals surface area (Å²) in [6.07, 6.45) is 1.67. The number of amides is 1. The van der Waals surface area contributed by atoms with Gasteiger partial charge in [-0.2, -0.15) is 0 Å². The van der Waals surface area contributed by atoms with E-state index in [1.165, 1.54) is 11.1 Å². The Morgan fingerprint density at radius 2 is 1.45 bits per heavy atom. The number of aliphatic imine (C=N–C) groups is 1. The fourth-order valence-electron chi connectivity index (χ4n) is 3.84. The molecular weight excluding hydrogens is 412 g/mol. The molecule has 0 saturated carbocycles. The molecule has 6 heteroatoms. The fraction of sp³-hybridized carbons (Fsp3) is 0.259. The van der Waals surface area contributed by atoms with Gasteiger partial charge in [-0.25, -0.2) is 0 Å². The molecule has 0 aliphatic rings. The lowest BCUT2D eigenvalue weighted by molar-refractivity contribution is -0.131. The van der Waals surface area contributed by atoms with Gasteiger partial charge in [0.25, 0.3) is 0 Å². The molecule has 3 aromatic carbocycles. The maximum absolute atomic E-state index is 13.2. The summed E-state index contributed by atoms with van der Waals surface area (Å²) >= 11 is 0. The van der Waals surface area contributed by atoms with Crippen LogP contribution in [0.4, 0.5) is 0 Å². The van der Waals surface area contributed by atoms with Gasteiger partial charge in [-0.15, -0.1) is 0 Å². The summed E-state index contributed by atoms with van der Waals surface area (Å²) in [5, 5.41) is 9.56. The minimum atomic E-state index is 0.0415. The summed E-state index contributed by atoms with van der Waals surface area (Å²) in [4.78, 5) is 19.2. The third-order valence-corrected chi connectivity index (χ3v) is 5.61. The average molecular weight is 445 g/mol. The third-order valence-electron chi connectivity index (χ3n) is 5.61. The van der Waals surface area contributed by atoms with Gasteiger partial charge in [0, 0.05) is 32.0 Å². The van der Waals surface area contributed by atoms with Crippen LogP contribution in [0.3, 0.4) is 0 Å². The number of nitrogens with zero attached hydrogens (tertiary/aromatic N) is 2. The van der Waals surface area contributed by atoms with Gasteiger partial charge in [-0.05, 0) is 41.7 Å². The molecule has 0 heterocycles. The second-order valence-corrected chi connectivity index (χ2v) is 8.04. The van der Waals surface area contributed by atoms with Gasteiger partial charge in [-0.3, -0.25) is 9.79 Å². The summed E-state index contributed by atoms with van der Waals surface area (Å²) in [7, 11) is 0. The standard InChI is InChI=1S/C27H32N4O2/c28-27(29)30-18-7-12-26(33)31(19-17-21-13-15-24(32)16-14-21)20-25(22-8-3-1-4-9-22)23-10-5-2-6-11-23/h1-6,8-11,13-16,25,32H,7,12,17-20H2,(H4,28,29,30). The topological polar surface area (TPSA) is 105 Å². The number of hydrogen-bond acceptors (Lipinski definition) is 3. The van der Waals surface area contributed by atoms with E-state index in [1.807, 2.05) is 53.4 Å². The van der Waals surface area contributed by atoms with Crippen molar-refractivity contribution >= 4 is 11.9 Å². The zero-order chi connectivity index (χ0) is 23.5. The molecule has 0 spiro atoms. The molecule has 5 N–H and O–H groups in total. The Morgan fingerprint density at radius 3 is 2.00 bits per heavy atom. The first-order valence-corrected chi connectivity index (χ1v) is 11.2. The van der Waals surface area contributed by atoms with Crippen molar-refractivity contribution < 1.29 is 9.90 Å². The van der Waals surface area contributed by atoms with Crippen LogP contribution in [0, 0.1) is 0 Å². The molecule has 0 atom stereocenters. The summed E-state index contributed by atoms with van der Waals surface area (Å²) in [5.74, 6) is 0.421. The number of carbonyl (C=O) groups is 1. The molecule has 3 aromatic rings. The molecule has 172 valence electrons. The second kappa shape index (κ2) is 12.3. The van der Waals surface area contributed by atoms with E-state index in [0.717, 1.165) is 5.56 Å². The highest BCUT2D eigenvalue weighted by molar-refractivity contribution is 5.77. The number of phenols is 1. The smallest absolute Gasteiger partial charge is 0.222 e. The Labute approximate surface area is 195 Å². The van der Waals surface area contributed by atoms with Crippen LogP contribution in [-0.2, 0) is 11.2 Å². The Balaban J connectivity index is 1.79. The molecule has 0 aromatic heterocycles. The van der Waals surface area contributed by atoms with Gasteiger partial charge in [0.05, 0.1) is 0 Å². The van der Waals surface area contributed by atoms with Gasteiger partial charge in [0.15, 0.2) is 5.96 Å². The van der Waals surface area contributed by atoms with Crippen molar-refractivity contribution in [3.05, 3.63) is 102 Å². The van der Waals surface area contributed by atoms with E-state index in [-0.39, 0.29) is 23.5 Å². The largest absolute Gasteiger partial charge is 0.508 e. The van der Waals surface area contributed by atoms with Crippen molar-refractivity contribution in [3.63, 3.8) is 0 Å². The number of phenolic OH excluding ortho intramolecular Hbond substituents is 1. The van der Waals surface area contributed by atoms with Crippen molar-refractivity contribution in [2.24, 2.45) is 16.5 Å². The number of rotatable bonds is 11. The van der Waals surface area contributed by atoms with Gasteiger partial charge in [0.1, 0.15) is 5.75 Å². The van der Waals surface area contributed by atoms with Gasteiger partial charge >= 0.3 is 0 Å². The summed E-state index contributed by atoms with van der Waals surface area (Å²) in [6, 6.07) is 27.7. The predicted octanol–water partition coefficient (Wildman–Crippen LogP) is 3.65. The highest BCUT2D eigenvalue weighted by Crippen LogP contribution is 2.26. The lowest BCUT2D eigenvalue weighted by Gasteiger charge is -2.29. The first-order chi connectivity index (χ1) is 16.0. The normalized spacial score (nSPS) is 10.7. The van der Waals surface area contributed by atoms with Crippen molar-refractivity contribution in [1.29, 1.82) is 0 Å². The first-order valence-electron chi connectivity index (χ1n) is 11.2. The van der Waals surface area contributed by atoms with E-state index in [2.05, 4.69) is 29.3 Å². The Morgan fingerprint density at radius 1 is 0.879 bits per heavy atom. The SMILES string of the molecule is NC(N)=NCCCC(=O)N(CCc1ccc(O)cc1)CC(c1ccccc1)c1ccccc1. The summed E-state index contributed by atoms with van der Waals surface area (Å²) < 4.78 is 0. The third kappa shape index (κ3) is 7.68. The van der Waals surface area contributed by atoms with Crippen molar-refractivity contribution in [1.82, 2.24) is 4.90 Å². The maximum Gasteiger partial charge on any atom is 0.222 e. The predicted molar refractivity (Wildman–Crippen MR) is 133 cm³/mol. The number of hydrogen-bond donors (Lipinski definition) is 3. The molecule has 6 nitrogen and oxygen atoms in total. The number of nitrogens with two attached hydrogens (primary N) is 2. The van der Waals surface area contributed by atoms with E-state index < -0.39 is 0 Å². The van der Waals surface area contributed by atoms with E-state index in [1.54, 1.807) is 12.1 Å². The maximum atomic E-state index is 13.2. The number of aromatic hydroxyl groups is 1. The number of carbonyl (C=O) groups excluding carboxylic acids is 1. The molecule has 0 aliphatic heterocycles. The van der Waals surface area contributed by atoms with E-state index >= 15 is 0 Å². The summed E-state index contributed by atoms with van der Waals surface area (Å²) in [5.41, 5.74) is 14.2. The molecule has 0 radical (unpaired) electrons. The minimum Gasteiger partial charge on any atom is -0.508 e. The van der Waals surface area contributed by atoms with Gasteiger partial charge < -0.3 is 21.5 Å². The Bertz CT molecular complexity index is 978. The van der Waals surface area contributed by atoms with Crippen LogP contribution in [0.1, 0.15) is 35.4 Å². The van der Waals surface area contributed by atoms with E-state index in [9.17, 15) is 9.90 Å². The molecule has 0 unspecified atom stereocenters. The van der Waals surface area contributed by atoms with Crippen LogP contribution in [0.15, 0.2) is 89.9 Å². The van der Waals surface area contributed by atoms with Crippen LogP contribution in [0.2, 0.25) is 0 Å². The lowest BCUT2D eigenvalue weighted by atomic mass is 9.90. The second-order valence-electron chi connectivity index (χ2n) is 8.04. The Kier molecular flexibility index (Phi) is 8.88. The molecule has 0 bridgehead atoms. The van der Waals surface area contributed by atoms with E-state index in [4.69, 9.17) is 11.5 Å². The highest BCUT2D eigenvalue weighted by Gasteiger charge is 2.21. The molecular formula is C27H32N4O2. The molecule has 33 heavy (non-hydrogen) atoms. The average Bonchev–Trinajstić information content (AvgIpc) is 2.84. The molecule has 0 saturated heterocycles. The Hall–Kier alpha value is -3.80. The number of guanidine groups is 1. The van der Waals surface area contributed by atoms with Crippen LogP contribution < -0.4 is 11.5 Å². The quantitative estimate of drug-likeness (QED) is 0.238. The molecule has 0 aliphatic carbocycles. The van der Waals surface area contributed by atoms with Crippen LogP contribution in [-0.4, -0.2) is 41.5 Å². The first kappa shape index (κ1) is 23.9. The molecule has 1 amide bonds. The summed E-state index contributed by atoms with van der Waals surface area (Å²) in [6.45, 7) is 1.59. The minimum absolute atomic E-state index is 0.0415. The van der Waals surface area contributed by atoms with Crippen molar-refractivity contribution in [3.8, 4) is 5.75 Å². The van der Waals surface area contributed by atoms with Gasteiger partial charge in [-0.1, -0.05) is 72.8 Å². The molecule has 3 rings (SSSR count). The highest BCUT2D eigenvalue weighted by atomic mass is 16.3. The lowest BCUT2D eigenvalue weighted by Crippen LogP contribution is -2.36. The van der Waals surface area contributed by atoms with Crippen molar-refractivity contribution in [2.45, 2.75) is 25.2 Å². The van der Waals surface area contributed by atoms with Crippen LogP contribution in [0.25, 0.3) is 0 Å².